The molecule has 0 saturated heterocycles. The maximum Gasteiger partial charge on any atom is 0.309 e. The molecule has 0 N–H and O–H groups in total. The highest BCUT2D eigenvalue weighted by molar-refractivity contribution is 9.10. The Balaban J connectivity index is 2.51. The van der Waals surface area contributed by atoms with Gasteiger partial charge in [0, 0.05) is 11.3 Å². The monoisotopic (exact) mass is 230 g/mol. The van der Waals surface area contributed by atoms with Gasteiger partial charge in [-0.25, -0.2) is 4.98 Å². The van der Waals surface area contributed by atoms with Gasteiger partial charge in [-0.05, 0) is 41.6 Å². The van der Waals surface area contributed by atoms with E-state index in [1.54, 1.807) is 0 Å². The molecule has 0 aromatic carbocycles. The average Bonchev–Trinajstić information content (AvgIpc) is 2.68. The fourth-order valence-corrected chi connectivity index (χ4v) is 2.11. The zero-order valence-electron chi connectivity index (χ0n) is 6.64. The van der Waals surface area contributed by atoms with Crippen LogP contribution in [0.5, 0.6) is 0 Å². The van der Waals surface area contributed by atoms with E-state index in [2.05, 4.69) is 25.9 Å². The van der Waals surface area contributed by atoms with Gasteiger partial charge in [-0.2, -0.15) is 9.37 Å². The van der Waals surface area contributed by atoms with E-state index < -0.39 is 6.08 Å². The van der Waals surface area contributed by atoms with E-state index in [0.717, 1.165) is 11.3 Å². The van der Waals surface area contributed by atoms with Gasteiger partial charge >= 0.3 is 6.08 Å². The maximum absolute atomic E-state index is 12.6. The second-order valence-electron chi connectivity index (χ2n) is 3.06. The molecule has 2 rings (SSSR count). The summed E-state index contributed by atoms with van der Waals surface area (Å²) in [5, 5.41) is 0. The van der Waals surface area contributed by atoms with Crippen molar-refractivity contribution in [2.24, 2.45) is 0 Å². The highest BCUT2D eigenvalue weighted by Crippen LogP contribution is 2.43. The smallest absolute Gasteiger partial charge is 0.207 e. The van der Waals surface area contributed by atoms with Crippen molar-refractivity contribution in [1.29, 1.82) is 0 Å². The molecule has 0 amide bonds. The summed E-state index contributed by atoms with van der Waals surface area (Å²) in [5.41, 5.74) is 1.84. The molecule has 1 aromatic heterocycles. The van der Waals surface area contributed by atoms with Crippen LogP contribution in [0.4, 0.5) is 4.39 Å². The Morgan fingerprint density at radius 1 is 1.42 bits per heavy atom. The fraction of sp³-hybridized carbons (Fsp3) is 0.500. The van der Waals surface area contributed by atoms with Gasteiger partial charge in [-0.3, -0.25) is 0 Å². The molecule has 0 radical (unpaired) electrons. The summed E-state index contributed by atoms with van der Waals surface area (Å²) in [6, 6.07) is 0. The third kappa shape index (κ3) is 1.35. The van der Waals surface area contributed by atoms with Crippen molar-refractivity contribution >= 4 is 15.9 Å². The van der Waals surface area contributed by atoms with Crippen LogP contribution in [0.2, 0.25) is 0 Å². The number of aryl methyl sites for hydroxylation is 1. The largest absolute Gasteiger partial charge is 0.309 e. The molecule has 12 heavy (non-hydrogen) atoms. The summed E-state index contributed by atoms with van der Waals surface area (Å²) in [4.78, 5) is 7.32. The minimum Gasteiger partial charge on any atom is -0.207 e. The molecule has 1 saturated carbocycles. The van der Waals surface area contributed by atoms with Gasteiger partial charge in [0.15, 0.2) is 0 Å². The van der Waals surface area contributed by atoms with Crippen molar-refractivity contribution in [3.05, 3.63) is 21.9 Å². The van der Waals surface area contributed by atoms with Crippen molar-refractivity contribution in [1.82, 2.24) is 9.97 Å². The molecule has 1 fully saturated rings. The van der Waals surface area contributed by atoms with Gasteiger partial charge in [0.05, 0.1) is 0 Å². The van der Waals surface area contributed by atoms with Crippen LogP contribution in [0, 0.1) is 13.0 Å². The molecular weight excluding hydrogens is 223 g/mol. The topological polar surface area (TPSA) is 25.8 Å². The van der Waals surface area contributed by atoms with E-state index >= 15 is 0 Å². The number of halogens is 2. The highest BCUT2D eigenvalue weighted by atomic mass is 79.9. The van der Waals surface area contributed by atoms with Crippen LogP contribution in [0.1, 0.15) is 30.0 Å². The van der Waals surface area contributed by atoms with Gasteiger partial charge in [-0.1, -0.05) is 0 Å². The Morgan fingerprint density at radius 2 is 2.08 bits per heavy atom. The summed E-state index contributed by atoms with van der Waals surface area (Å²) in [7, 11) is 0. The van der Waals surface area contributed by atoms with E-state index in [1.807, 2.05) is 6.92 Å². The summed E-state index contributed by atoms with van der Waals surface area (Å²) in [5.74, 6) is 0.556. The Labute approximate surface area is 78.4 Å². The number of aromatic nitrogens is 2. The second-order valence-corrected chi connectivity index (χ2v) is 3.81. The molecule has 0 aliphatic heterocycles. The molecule has 0 unspecified atom stereocenters. The molecule has 0 atom stereocenters. The Kier molecular flexibility index (Phi) is 1.87. The standard InChI is InChI=1S/C8H8BrFN2/c1-4-6(5-2-3-5)7(9)12-8(10)11-4/h5H,2-3H2,1H3. The molecule has 64 valence electrons. The van der Waals surface area contributed by atoms with Crippen LogP contribution in [-0.4, -0.2) is 9.97 Å². The molecule has 2 nitrogen and oxygen atoms in total. The summed E-state index contributed by atoms with van der Waals surface area (Å²) < 4.78 is 13.3. The van der Waals surface area contributed by atoms with Crippen molar-refractivity contribution in [3.8, 4) is 0 Å². The minimum atomic E-state index is -0.649. The van der Waals surface area contributed by atoms with Crippen molar-refractivity contribution < 1.29 is 4.39 Å². The van der Waals surface area contributed by atoms with Gasteiger partial charge in [-0.15, -0.1) is 0 Å². The lowest BCUT2D eigenvalue weighted by Gasteiger charge is -2.04. The first kappa shape index (κ1) is 8.10. The van der Waals surface area contributed by atoms with E-state index in [0.29, 0.717) is 10.5 Å². The van der Waals surface area contributed by atoms with Crippen molar-refractivity contribution in [2.75, 3.05) is 0 Å². The Bertz CT molecular complexity index is 300. The van der Waals surface area contributed by atoms with E-state index in [4.69, 9.17) is 0 Å². The third-order valence-corrected chi connectivity index (χ3v) is 2.65. The predicted octanol–water partition coefficient (Wildman–Crippen LogP) is 2.56. The summed E-state index contributed by atoms with van der Waals surface area (Å²) in [6.45, 7) is 1.82. The van der Waals surface area contributed by atoms with E-state index in [-0.39, 0.29) is 0 Å². The van der Waals surface area contributed by atoms with E-state index in [9.17, 15) is 4.39 Å². The SMILES string of the molecule is Cc1nc(F)nc(Br)c1C1CC1. The molecule has 0 spiro atoms. The highest BCUT2D eigenvalue weighted by Gasteiger charge is 2.28. The zero-order chi connectivity index (χ0) is 8.72. The average molecular weight is 231 g/mol. The van der Waals surface area contributed by atoms with Gasteiger partial charge in [0.25, 0.3) is 0 Å². The van der Waals surface area contributed by atoms with Crippen LogP contribution in [0.15, 0.2) is 4.60 Å². The Morgan fingerprint density at radius 3 is 2.58 bits per heavy atom. The molecule has 1 aliphatic carbocycles. The first-order chi connectivity index (χ1) is 5.68. The van der Waals surface area contributed by atoms with Crippen LogP contribution >= 0.6 is 15.9 Å². The van der Waals surface area contributed by atoms with Gasteiger partial charge in [0.2, 0.25) is 0 Å². The first-order valence-corrected chi connectivity index (χ1v) is 4.67. The lowest BCUT2D eigenvalue weighted by Crippen LogP contribution is -1.99. The molecule has 0 bridgehead atoms. The third-order valence-electron chi connectivity index (χ3n) is 2.05. The zero-order valence-corrected chi connectivity index (χ0v) is 8.23. The number of hydrogen-bond acceptors (Lipinski definition) is 2. The molecule has 1 aliphatic rings. The summed E-state index contributed by atoms with van der Waals surface area (Å²) >= 11 is 3.25. The van der Waals surface area contributed by atoms with Crippen LogP contribution in [-0.2, 0) is 0 Å². The molecule has 4 heteroatoms. The minimum absolute atomic E-state index is 0.556. The molecular formula is C8H8BrFN2. The van der Waals surface area contributed by atoms with Crippen molar-refractivity contribution in [2.45, 2.75) is 25.7 Å². The van der Waals surface area contributed by atoms with Gasteiger partial charge in [0.1, 0.15) is 4.60 Å². The molecule has 1 aromatic rings. The maximum atomic E-state index is 12.6. The summed E-state index contributed by atoms with van der Waals surface area (Å²) in [6.07, 6.45) is 1.70. The van der Waals surface area contributed by atoms with Crippen LogP contribution in [0.25, 0.3) is 0 Å². The number of rotatable bonds is 1. The molecule has 1 heterocycles. The lowest BCUT2D eigenvalue weighted by atomic mass is 10.1. The van der Waals surface area contributed by atoms with E-state index in [1.165, 1.54) is 12.8 Å². The number of nitrogens with zero attached hydrogens (tertiary/aromatic N) is 2. The van der Waals surface area contributed by atoms with Gasteiger partial charge < -0.3 is 0 Å². The predicted molar refractivity (Wildman–Crippen MR) is 46.4 cm³/mol. The second kappa shape index (κ2) is 2.76. The van der Waals surface area contributed by atoms with Crippen LogP contribution < -0.4 is 0 Å². The van der Waals surface area contributed by atoms with Crippen molar-refractivity contribution in [3.63, 3.8) is 0 Å². The lowest BCUT2D eigenvalue weighted by molar-refractivity contribution is 0.529. The fourth-order valence-electron chi connectivity index (χ4n) is 1.35. The quantitative estimate of drug-likeness (QED) is 0.548. The first-order valence-electron chi connectivity index (χ1n) is 3.88. The Hall–Kier alpha value is -0.510. The van der Waals surface area contributed by atoms with Crippen LogP contribution in [0.3, 0.4) is 0 Å². The number of hydrogen-bond donors (Lipinski definition) is 0. The normalized spacial score (nSPS) is 16.6.